The van der Waals surface area contributed by atoms with E-state index in [-0.39, 0.29) is 30.2 Å². The third-order valence-electron chi connectivity index (χ3n) is 5.47. The summed E-state index contributed by atoms with van der Waals surface area (Å²) in [6.07, 6.45) is 2.66. The molecule has 1 aromatic carbocycles. The lowest BCUT2D eigenvalue weighted by Gasteiger charge is -2.44. The Kier molecular flexibility index (Phi) is 5.43. The van der Waals surface area contributed by atoms with Crippen LogP contribution in [-0.2, 0) is 14.4 Å². The van der Waals surface area contributed by atoms with Crippen molar-refractivity contribution < 1.29 is 29.3 Å². The Morgan fingerprint density at radius 2 is 1.90 bits per heavy atom. The molecule has 0 bridgehead atoms. The molecule has 1 fully saturated rings. The lowest BCUT2D eigenvalue weighted by Crippen LogP contribution is -2.61. The van der Waals surface area contributed by atoms with Crippen LogP contribution in [-0.4, -0.2) is 56.6 Å². The SMILES string of the molecule is C[C@@H](O)[C@H]1C(=O)N2C(C(=O)O)=C(c3ccc(OCC(=O)Nc4ccncc4)cc3)C[C@H]12. The highest BCUT2D eigenvalue weighted by Crippen LogP contribution is 2.47. The van der Waals surface area contributed by atoms with Gasteiger partial charge in [-0.25, -0.2) is 4.79 Å². The molecule has 3 N–H and O–H groups in total. The van der Waals surface area contributed by atoms with Gasteiger partial charge in [-0.3, -0.25) is 14.6 Å². The number of hydrogen-bond donors (Lipinski definition) is 3. The van der Waals surface area contributed by atoms with Crippen LogP contribution in [0.1, 0.15) is 18.9 Å². The van der Waals surface area contributed by atoms with E-state index in [0.29, 0.717) is 29.0 Å². The smallest absolute Gasteiger partial charge is 0.352 e. The number of carboxylic acids is 1. The molecule has 0 radical (unpaired) electrons. The van der Waals surface area contributed by atoms with Crippen molar-refractivity contribution in [3.05, 3.63) is 60.1 Å². The zero-order valence-corrected chi connectivity index (χ0v) is 16.7. The van der Waals surface area contributed by atoms with E-state index in [1.165, 1.54) is 11.8 Å². The number of anilines is 1. The van der Waals surface area contributed by atoms with Gasteiger partial charge in [-0.1, -0.05) is 12.1 Å². The standard InChI is InChI=1S/C22H21N3O6/c1-12(26)19-17-10-16(20(22(29)30)25(17)21(19)28)13-2-4-15(5-3-13)31-11-18(27)24-14-6-8-23-9-7-14/h2-9,12,17,19,26H,10-11H2,1H3,(H,29,30)(H,23,24,27)/t12-,17-,19-/m1/s1. The molecule has 3 heterocycles. The van der Waals surface area contributed by atoms with Gasteiger partial charge < -0.3 is 25.2 Å². The second-order valence-corrected chi connectivity index (χ2v) is 7.48. The summed E-state index contributed by atoms with van der Waals surface area (Å²) in [5, 5.41) is 22.2. The van der Waals surface area contributed by atoms with Crippen molar-refractivity contribution in [2.75, 3.05) is 11.9 Å². The van der Waals surface area contributed by atoms with Crippen molar-refractivity contribution in [2.24, 2.45) is 5.92 Å². The minimum absolute atomic E-state index is 0.0442. The summed E-state index contributed by atoms with van der Waals surface area (Å²) in [7, 11) is 0. The second-order valence-electron chi connectivity index (χ2n) is 7.48. The van der Waals surface area contributed by atoms with Gasteiger partial charge in [0.1, 0.15) is 11.4 Å². The summed E-state index contributed by atoms with van der Waals surface area (Å²) in [4.78, 5) is 41.3. The van der Waals surface area contributed by atoms with E-state index in [0.717, 1.165) is 0 Å². The highest BCUT2D eigenvalue weighted by atomic mass is 16.5. The van der Waals surface area contributed by atoms with Gasteiger partial charge in [0.05, 0.1) is 18.1 Å². The Morgan fingerprint density at radius 3 is 2.52 bits per heavy atom. The number of β-lactam (4-membered cyclic amide) rings is 1. The van der Waals surface area contributed by atoms with Gasteiger partial charge in [0.25, 0.3) is 5.91 Å². The van der Waals surface area contributed by atoms with Crippen molar-refractivity contribution in [1.29, 1.82) is 0 Å². The fourth-order valence-electron chi connectivity index (χ4n) is 4.06. The molecule has 2 aliphatic rings. The monoisotopic (exact) mass is 423 g/mol. The topological polar surface area (TPSA) is 129 Å². The molecule has 4 rings (SSSR count). The lowest BCUT2D eigenvalue weighted by atomic mass is 9.82. The quantitative estimate of drug-likeness (QED) is 0.576. The average molecular weight is 423 g/mol. The fourth-order valence-corrected chi connectivity index (χ4v) is 4.06. The Bertz CT molecular complexity index is 1050. The molecule has 2 aliphatic heterocycles. The predicted octanol–water partition coefficient (Wildman–Crippen LogP) is 1.51. The van der Waals surface area contributed by atoms with E-state index >= 15 is 0 Å². The minimum Gasteiger partial charge on any atom is -0.484 e. The zero-order valence-electron chi connectivity index (χ0n) is 16.7. The van der Waals surface area contributed by atoms with Crippen LogP contribution >= 0.6 is 0 Å². The normalized spacial score (nSPS) is 20.7. The third-order valence-corrected chi connectivity index (χ3v) is 5.47. The largest absolute Gasteiger partial charge is 0.484 e. The molecule has 0 unspecified atom stereocenters. The number of ether oxygens (including phenoxy) is 1. The number of aliphatic hydroxyl groups is 1. The number of aliphatic hydroxyl groups excluding tert-OH is 1. The van der Waals surface area contributed by atoms with E-state index < -0.39 is 18.0 Å². The van der Waals surface area contributed by atoms with Gasteiger partial charge in [-0.2, -0.15) is 0 Å². The number of carboxylic acid groups (broad SMARTS) is 1. The molecule has 2 aromatic rings. The fraction of sp³-hybridized carbons (Fsp3) is 0.273. The molecule has 1 aromatic heterocycles. The average Bonchev–Trinajstić information content (AvgIpc) is 3.08. The van der Waals surface area contributed by atoms with Crippen molar-refractivity contribution in [1.82, 2.24) is 9.88 Å². The minimum atomic E-state index is -1.18. The molecule has 0 saturated carbocycles. The summed E-state index contributed by atoms with van der Waals surface area (Å²) in [6.45, 7) is 1.35. The van der Waals surface area contributed by atoms with E-state index in [2.05, 4.69) is 10.3 Å². The Morgan fingerprint density at radius 1 is 1.23 bits per heavy atom. The van der Waals surface area contributed by atoms with Gasteiger partial charge >= 0.3 is 5.97 Å². The highest BCUT2D eigenvalue weighted by molar-refractivity contribution is 6.06. The first-order valence-electron chi connectivity index (χ1n) is 9.77. The molecule has 9 heteroatoms. The maximum Gasteiger partial charge on any atom is 0.352 e. The zero-order chi connectivity index (χ0) is 22.1. The van der Waals surface area contributed by atoms with Crippen LogP contribution in [0.2, 0.25) is 0 Å². The Hall–Kier alpha value is -3.72. The van der Waals surface area contributed by atoms with Crippen LogP contribution in [0.5, 0.6) is 5.75 Å². The van der Waals surface area contributed by atoms with Crippen molar-refractivity contribution in [3.8, 4) is 5.75 Å². The van der Waals surface area contributed by atoms with Crippen LogP contribution < -0.4 is 10.1 Å². The molecular weight excluding hydrogens is 402 g/mol. The first-order chi connectivity index (χ1) is 14.9. The third kappa shape index (κ3) is 3.87. The van der Waals surface area contributed by atoms with Crippen LogP contribution in [0.4, 0.5) is 5.69 Å². The Labute approximate surface area is 178 Å². The van der Waals surface area contributed by atoms with E-state index in [1.54, 1.807) is 48.8 Å². The number of rotatable bonds is 7. The van der Waals surface area contributed by atoms with Gasteiger partial charge in [0.2, 0.25) is 5.91 Å². The molecule has 2 amide bonds. The van der Waals surface area contributed by atoms with Crippen LogP contribution in [0.25, 0.3) is 5.57 Å². The number of aliphatic carboxylic acids is 1. The first-order valence-corrected chi connectivity index (χ1v) is 9.77. The van der Waals surface area contributed by atoms with Crippen molar-refractivity contribution >= 4 is 29.0 Å². The van der Waals surface area contributed by atoms with E-state index in [1.807, 2.05) is 0 Å². The maximum absolute atomic E-state index is 12.3. The van der Waals surface area contributed by atoms with E-state index in [4.69, 9.17) is 4.74 Å². The predicted molar refractivity (Wildman–Crippen MR) is 110 cm³/mol. The number of carbonyl (C=O) groups excluding carboxylic acids is 2. The summed E-state index contributed by atoms with van der Waals surface area (Å²) in [5.41, 5.74) is 1.76. The molecule has 3 atom stereocenters. The first kappa shape index (κ1) is 20.5. The number of nitrogens with one attached hydrogen (secondary N) is 1. The molecule has 31 heavy (non-hydrogen) atoms. The number of pyridine rings is 1. The van der Waals surface area contributed by atoms with Gasteiger partial charge in [-0.15, -0.1) is 0 Å². The lowest BCUT2D eigenvalue weighted by molar-refractivity contribution is -0.161. The van der Waals surface area contributed by atoms with Crippen LogP contribution in [0.3, 0.4) is 0 Å². The molecule has 0 aliphatic carbocycles. The summed E-state index contributed by atoms with van der Waals surface area (Å²) < 4.78 is 5.49. The maximum atomic E-state index is 12.3. The van der Waals surface area contributed by atoms with Crippen molar-refractivity contribution in [3.63, 3.8) is 0 Å². The van der Waals surface area contributed by atoms with E-state index in [9.17, 15) is 24.6 Å². The molecule has 0 spiro atoms. The molecule has 9 nitrogen and oxygen atoms in total. The Balaban J connectivity index is 1.44. The summed E-state index contributed by atoms with van der Waals surface area (Å²) >= 11 is 0. The second kappa shape index (κ2) is 8.19. The number of fused-ring (bicyclic) bond motifs is 1. The number of benzene rings is 1. The molecule has 1 saturated heterocycles. The van der Waals surface area contributed by atoms with Crippen LogP contribution in [0, 0.1) is 5.92 Å². The number of carbonyl (C=O) groups is 3. The van der Waals surface area contributed by atoms with Crippen molar-refractivity contribution in [2.45, 2.75) is 25.5 Å². The van der Waals surface area contributed by atoms with Gasteiger partial charge in [0, 0.05) is 18.1 Å². The van der Waals surface area contributed by atoms with Crippen LogP contribution in [0.15, 0.2) is 54.5 Å². The van der Waals surface area contributed by atoms with Gasteiger partial charge in [0.15, 0.2) is 6.61 Å². The summed E-state index contributed by atoms with van der Waals surface area (Å²) in [5.74, 6) is -2.01. The number of nitrogens with zero attached hydrogens (tertiary/aromatic N) is 2. The molecule has 160 valence electrons. The number of amides is 2. The number of hydrogen-bond acceptors (Lipinski definition) is 6. The van der Waals surface area contributed by atoms with Gasteiger partial charge in [-0.05, 0) is 48.7 Å². The number of aromatic nitrogens is 1. The summed E-state index contributed by atoms with van der Waals surface area (Å²) in [6, 6.07) is 9.66. The molecular formula is C22H21N3O6. The highest BCUT2D eigenvalue weighted by Gasteiger charge is 2.56.